The Balaban J connectivity index is 2.08. The van der Waals surface area contributed by atoms with Gasteiger partial charge in [0.05, 0.1) is 25.0 Å². The van der Waals surface area contributed by atoms with Gasteiger partial charge >= 0.3 is 5.97 Å². The highest BCUT2D eigenvalue weighted by Gasteiger charge is 2.16. The number of hydrogen-bond donors (Lipinski definition) is 0. The Kier molecular flexibility index (Phi) is 5.11. The van der Waals surface area contributed by atoms with Gasteiger partial charge in [-0.1, -0.05) is 18.2 Å². The van der Waals surface area contributed by atoms with Gasteiger partial charge in [0.25, 0.3) is 0 Å². The largest absolute Gasteiger partial charge is 0.468 e. The minimum absolute atomic E-state index is 0.230. The van der Waals surface area contributed by atoms with Crippen molar-refractivity contribution in [3.05, 3.63) is 48.3 Å². The van der Waals surface area contributed by atoms with Crippen LogP contribution in [0.25, 0.3) is 5.69 Å². The molecule has 0 aliphatic carbocycles. The highest BCUT2D eigenvalue weighted by Crippen LogP contribution is 2.10. The predicted molar refractivity (Wildman–Crippen MR) is 81.1 cm³/mol. The van der Waals surface area contributed by atoms with Gasteiger partial charge in [-0.05, 0) is 32.0 Å². The average Bonchev–Trinajstić information content (AvgIpc) is 2.95. The normalized spacial score (nSPS) is 11.1. The SMILES string of the molecule is COC(=O)CN(Cc1ccn(-c2ccccc2)n1)C(C)C. The first-order valence-electron chi connectivity index (χ1n) is 7.01. The second kappa shape index (κ2) is 7.04. The molecule has 0 radical (unpaired) electrons. The van der Waals surface area contributed by atoms with Gasteiger partial charge in [0.1, 0.15) is 0 Å². The van der Waals surface area contributed by atoms with Crippen molar-refractivity contribution in [3.8, 4) is 5.69 Å². The average molecular weight is 287 g/mol. The summed E-state index contributed by atoms with van der Waals surface area (Å²) in [5.41, 5.74) is 1.95. The molecule has 0 saturated heterocycles. The molecular weight excluding hydrogens is 266 g/mol. The Labute approximate surface area is 125 Å². The Morgan fingerprint density at radius 2 is 2.00 bits per heavy atom. The van der Waals surface area contributed by atoms with Crippen LogP contribution in [0, 0.1) is 0 Å². The number of carbonyl (C=O) groups is 1. The van der Waals surface area contributed by atoms with E-state index in [1.54, 1.807) is 0 Å². The van der Waals surface area contributed by atoms with Crippen LogP contribution in [0.1, 0.15) is 19.5 Å². The first-order chi connectivity index (χ1) is 10.1. The number of ether oxygens (including phenoxy) is 1. The molecule has 1 aromatic carbocycles. The Morgan fingerprint density at radius 3 is 2.62 bits per heavy atom. The van der Waals surface area contributed by atoms with Crippen LogP contribution in [0.15, 0.2) is 42.6 Å². The third kappa shape index (κ3) is 4.16. The highest BCUT2D eigenvalue weighted by atomic mass is 16.5. The summed E-state index contributed by atoms with van der Waals surface area (Å²) >= 11 is 0. The fourth-order valence-corrected chi connectivity index (χ4v) is 2.03. The lowest BCUT2D eigenvalue weighted by Gasteiger charge is -2.24. The summed E-state index contributed by atoms with van der Waals surface area (Å²) in [6.07, 6.45) is 1.93. The van der Waals surface area contributed by atoms with E-state index in [9.17, 15) is 4.79 Å². The van der Waals surface area contributed by atoms with E-state index < -0.39 is 0 Å². The molecule has 0 unspecified atom stereocenters. The standard InChI is InChI=1S/C16H21N3O2/c1-13(2)18(12-16(20)21-3)11-14-9-10-19(17-14)15-7-5-4-6-8-15/h4-10,13H,11-12H2,1-3H3. The van der Waals surface area contributed by atoms with Crippen LogP contribution in [0.5, 0.6) is 0 Å². The van der Waals surface area contributed by atoms with Gasteiger partial charge in [-0.3, -0.25) is 9.69 Å². The zero-order valence-electron chi connectivity index (χ0n) is 12.7. The minimum Gasteiger partial charge on any atom is -0.468 e. The summed E-state index contributed by atoms with van der Waals surface area (Å²) in [7, 11) is 1.41. The second-order valence-corrected chi connectivity index (χ2v) is 5.16. The summed E-state index contributed by atoms with van der Waals surface area (Å²) in [5.74, 6) is -0.230. The predicted octanol–water partition coefficient (Wildman–Crippen LogP) is 2.26. The minimum atomic E-state index is -0.230. The Hall–Kier alpha value is -2.14. The molecule has 0 fully saturated rings. The number of benzene rings is 1. The lowest BCUT2D eigenvalue weighted by molar-refractivity contribution is -0.142. The molecule has 112 valence electrons. The quantitative estimate of drug-likeness (QED) is 0.765. The summed E-state index contributed by atoms with van der Waals surface area (Å²) in [5, 5.41) is 4.56. The van der Waals surface area contributed by atoms with E-state index in [4.69, 9.17) is 4.74 Å². The highest BCUT2D eigenvalue weighted by molar-refractivity contribution is 5.71. The molecule has 0 atom stereocenters. The van der Waals surface area contributed by atoms with E-state index in [1.807, 2.05) is 52.2 Å². The van der Waals surface area contributed by atoms with Crippen molar-refractivity contribution in [1.82, 2.24) is 14.7 Å². The van der Waals surface area contributed by atoms with Gasteiger partial charge in [-0.2, -0.15) is 5.10 Å². The van der Waals surface area contributed by atoms with Crippen LogP contribution in [-0.4, -0.2) is 40.3 Å². The lowest BCUT2D eigenvalue weighted by atomic mass is 10.3. The van der Waals surface area contributed by atoms with Gasteiger partial charge in [0.2, 0.25) is 0 Å². The summed E-state index contributed by atoms with van der Waals surface area (Å²) in [4.78, 5) is 13.5. The van der Waals surface area contributed by atoms with Crippen LogP contribution in [0.2, 0.25) is 0 Å². The molecule has 0 aliphatic heterocycles. The van der Waals surface area contributed by atoms with Gasteiger partial charge in [-0.15, -0.1) is 0 Å². The molecule has 0 saturated carbocycles. The van der Waals surface area contributed by atoms with E-state index in [2.05, 4.69) is 18.9 Å². The zero-order chi connectivity index (χ0) is 15.2. The number of para-hydroxylation sites is 1. The Morgan fingerprint density at radius 1 is 1.29 bits per heavy atom. The number of carbonyl (C=O) groups excluding carboxylic acids is 1. The van der Waals surface area contributed by atoms with Gasteiger partial charge < -0.3 is 4.74 Å². The zero-order valence-corrected chi connectivity index (χ0v) is 12.7. The molecule has 0 bridgehead atoms. The Bertz CT molecular complexity index is 578. The maximum atomic E-state index is 11.5. The van der Waals surface area contributed by atoms with Crippen molar-refractivity contribution < 1.29 is 9.53 Å². The monoisotopic (exact) mass is 287 g/mol. The molecule has 1 heterocycles. The molecule has 0 amide bonds. The lowest BCUT2D eigenvalue weighted by Crippen LogP contribution is -2.35. The third-order valence-corrected chi connectivity index (χ3v) is 3.32. The third-order valence-electron chi connectivity index (χ3n) is 3.32. The van der Waals surface area contributed by atoms with Crippen molar-refractivity contribution in [2.45, 2.75) is 26.4 Å². The number of nitrogens with zero attached hydrogens (tertiary/aromatic N) is 3. The first-order valence-corrected chi connectivity index (χ1v) is 7.01. The fourth-order valence-electron chi connectivity index (χ4n) is 2.03. The number of methoxy groups -OCH3 is 1. The number of aromatic nitrogens is 2. The molecule has 2 aromatic rings. The molecule has 5 nitrogen and oxygen atoms in total. The van der Waals surface area contributed by atoms with Crippen molar-refractivity contribution in [2.75, 3.05) is 13.7 Å². The van der Waals surface area contributed by atoms with Crippen molar-refractivity contribution in [2.24, 2.45) is 0 Å². The number of esters is 1. The van der Waals surface area contributed by atoms with Crippen LogP contribution in [0.3, 0.4) is 0 Å². The molecule has 0 spiro atoms. The van der Waals surface area contributed by atoms with Gasteiger partial charge in [0.15, 0.2) is 0 Å². The fraction of sp³-hybridized carbons (Fsp3) is 0.375. The summed E-state index contributed by atoms with van der Waals surface area (Å²) in [6.45, 7) is 4.99. The summed E-state index contributed by atoms with van der Waals surface area (Å²) < 4.78 is 6.58. The van der Waals surface area contributed by atoms with Crippen LogP contribution in [0.4, 0.5) is 0 Å². The molecule has 21 heavy (non-hydrogen) atoms. The van der Waals surface area contributed by atoms with Crippen molar-refractivity contribution in [3.63, 3.8) is 0 Å². The van der Waals surface area contributed by atoms with E-state index >= 15 is 0 Å². The number of rotatable bonds is 6. The van der Waals surface area contributed by atoms with Crippen LogP contribution >= 0.6 is 0 Å². The second-order valence-electron chi connectivity index (χ2n) is 5.16. The smallest absolute Gasteiger partial charge is 0.319 e. The molecule has 2 rings (SSSR count). The molecule has 1 aromatic heterocycles. The first kappa shape index (κ1) is 15.3. The van der Waals surface area contributed by atoms with E-state index in [0.29, 0.717) is 6.54 Å². The molecular formula is C16H21N3O2. The number of hydrogen-bond acceptors (Lipinski definition) is 4. The van der Waals surface area contributed by atoms with E-state index in [-0.39, 0.29) is 18.6 Å². The van der Waals surface area contributed by atoms with Gasteiger partial charge in [0, 0.05) is 18.8 Å². The molecule has 0 aliphatic rings. The van der Waals surface area contributed by atoms with E-state index in [1.165, 1.54) is 7.11 Å². The summed E-state index contributed by atoms with van der Waals surface area (Å²) in [6, 6.07) is 12.2. The van der Waals surface area contributed by atoms with Crippen LogP contribution < -0.4 is 0 Å². The van der Waals surface area contributed by atoms with Crippen molar-refractivity contribution in [1.29, 1.82) is 0 Å². The maximum Gasteiger partial charge on any atom is 0.319 e. The topological polar surface area (TPSA) is 47.4 Å². The maximum absolute atomic E-state index is 11.5. The molecule has 0 N–H and O–H groups in total. The van der Waals surface area contributed by atoms with Crippen LogP contribution in [-0.2, 0) is 16.1 Å². The van der Waals surface area contributed by atoms with E-state index in [0.717, 1.165) is 11.4 Å². The molecule has 5 heteroatoms. The van der Waals surface area contributed by atoms with Gasteiger partial charge in [-0.25, -0.2) is 4.68 Å². The van der Waals surface area contributed by atoms with Crippen molar-refractivity contribution >= 4 is 5.97 Å².